The predicted octanol–water partition coefficient (Wildman–Crippen LogP) is 4.59. The number of alkyl halides is 3. The Morgan fingerprint density at radius 2 is 1.94 bits per heavy atom. The van der Waals surface area contributed by atoms with Crippen LogP contribution in [0.25, 0.3) is 0 Å². The van der Waals surface area contributed by atoms with Gasteiger partial charge >= 0.3 is 6.18 Å². The Morgan fingerprint density at radius 3 is 2.52 bits per heavy atom. The van der Waals surface area contributed by atoms with E-state index < -0.39 is 24.0 Å². The van der Waals surface area contributed by atoms with Crippen molar-refractivity contribution in [3.8, 4) is 0 Å². The molecule has 4 atom stereocenters. The lowest BCUT2D eigenvalue weighted by atomic mass is 9.83. The first-order valence-corrected chi connectivity index (χ1v) is 11.4. The van der Waals surface area contributed by atoms with Crippen LogP contribution in [0.15, 0.2) is 42.6 Å². The number of hydrogen-bond donors (Lipinski definition) is 2. The molecular formula is C25H31F3N4O. The minimum atomic E-state index is -4.64. The van der Waals surface area contributed by atoms with Gasteiger partial charge in [-0.3, -0.25) is 9.78 Å². The summed E-state index contributed by atoms with van der Waals surface area (Å²) in [6, 6.07) is 9.11. The largest absolute Gasteiger partial charge is 0.414 e. The number of nitrogens with one attached hydrogen (secondary N) is 1. The summed E-state index contributed by atoms with van der Waals surface area (Å²) < 4.78 is 42.0. The predicted molar refractivity (Wildman–Crippen MR) is 122 cm³/mol. The van der Waals surface area contributed by atoms with E-state index in [9.17, 15) is 18.0 Å². The Labute approximate surface area is 192 Å². The van der Waals surface area contributed by atoms with E-state index in [1.807, 2.05) is 12.1 Å². The number of hydrogen-bond acceptors (Lipinski definition) is 4. The summed E-state index contributed by atoms with van der Waals surface area (Å²) in [5, 5.41) is 3.45. The maximum Gasteiger partial charge on any atom is 0.414 e. The van der Waals surface area contributed by atoms with Crippen LogP contribution < -0.4 is 11.1 Å². The van der Waals surface area contributed by atoms with Gasteiger partial charge in [-0.2, -0.15) is 13.2 Å². The second-order valence-electron chi connectivity index (χ2n) is 9.91. The maximum atomic E-state index is 14.0. The molecule has 1 aromatic carbocycles. The fourth-order valence-corrected chi connectivity index (χ4v) is 5.32. The molecule has 33 heavy (non-hydrogen) atoms. The van der Waals surface area contributed by atoms with Crippen LogP contribution >= 0.6 is 0 Å². The summed E-state index contributed by atoms with van der Waals surface area (Å²) in [6.45, 7) is 4.32. The Balaban J connectivity index is 1.51. The molecule has 178 valence electrons. The number of aromatic nitrogens is 1. The van der Waals surface area contributed by atoms with E-state index in [2.05, 4.69) is 36.3 Å². The van der Waals surface area contributed by atoms with Crippen molar-refractivity contribution in [2.75, 3.05) is 12.4 Å². The van der Waals surface area contributed by atoms with Gasteiger partial charge in [0.05, 0.1) is 17.6 Å². The topological polar surface area (TPSA) is 71.2 Å². The molecule has 1 saturated carbocycles. The van der Waals surface area contributed by atoms with Gasteiger partial charge in [0.15, 0.2) is 6.04 Å². The number of anilines is 1. The summed E-state index contributed by atoms with van der Waals surface area (Å²) in [5.41, 5.74) is 8.73. The van der Waals surface area contributed by atoms with Crippen molar-refractivity contribution < 1.29 is 18.0 Å². The first-order chi connectivity index (χ1) is 15.5. The van der Waals surface area contributed by atoms with Gasteiger partial charge in [-0.05, 0) is 48.9 Å². The van der Waals surface area contributed by atoms with E-state index >= 15 is 0 Å². The van der Waals surface area contributed by atoms with Crippen LogP contribution in [0.1, 0.15) is 56.0 Å². The summed E-state index contributed by atoms with van der Waals surface area (Å²) in [5.74, 6) is -0.998. The van der Waals surface area contributed by atoms with Crippen molar-refractivity contribution in [1.82, 2.24) is 9.88 Å². The van der Waals surface area contributed by atoms with Gasteiger partial charge < -0.3 is 16.0 Å². The molecule has 2 aliphatic carbocycles. The summed E-state index contributed by atoms with van der Waals surface area (Å²) >= 11 is 0. The van der Waals surface area contributed by atoms with Crippen LogP contribution in [-0.2, 0) is 16.6 Å². The zero-order valence-electron chi connectivity index (χ0n) is 19.2. The minimum absolute atomic E-state index is 0.0942. The van der Waals surface area contributed by atoms with Gasteiger partial charge in [-0.15, -0.1) is 0 Å². The summed E-state index contributed by atoms with van der Waals surface area (Å²) in [6.07, 6.45) is -0.786. The van der Waals surface area contributed by atoms with Crippen LogP contribution in [0.2, 0.25) is 0 Å². The fraction of sp³-hybridized carbons (Fsp3) is 0.520. The average Bonchev–Trinajstić information content (AvgIpc) is 3.29. The number of amides is 1. The molecule has 4 rings (SSSR count). The smallest absolute Gasteiger partial charge is 0.380 e. The van der Waals surface area contributed by atoms with E-state index in [1.165, 1.54) is 30.4 Å². The third kappa shape index (κ3) is 4.58. The molecule has 5 nitrogen and oxygen atoms in total. The second-order valence-corrected chi connectivity index (χ2v) is 9.91. The maximum absolute atomic E-state index is 14.0. The zero-order chi connectivity index (χ0) is 24.0. The molecule has 0 radical (unpaired) electrons. The minimum Gasteiger partial charge on any atom is -0.380 e. The van der Waals surface area contributed by atoms with E-state index in [0.29, 0.717) is 24.9 Å². The number of halogens is 3. The molecule has 8 heteroatoms. The van der Waals surface area contributed by atoms with Crippen LogP contribution in [-0.4, -0.2) is 41.1 Å². The number of fused-ring (bicyclic) bond motifs is 1. The molecule has 0 spiro atoms. The second kappa shape index (κ2) is 8.63. The Bertz CT molecular complexity index is 1010. The highest BCUT2D eigenvalue weighted by molar-refractivity contribution is 5.79. The molecule has 2 aliphatic rings. The Morgan fingerprint density at radius 1 is 1.21 bits per heavy atom. The molecule has 0 saturated heterocycles. The zero-order valence-corrected chi connectivity index (χ0v) is 19.2. The number of carbonyl (C=O) groups excluding carboxylic acids is 1. The molecule has 1 aromatic heterocycles. The molecule has 0 bridgehead atoms. The number of rotatable bonds is 5. The van der Waals surface area contributed by atoms with Crippen molar-refractivity contribution in [3.63, 3.8) is 0 Å². The third-order valence-corrected chi connectivity index (χ3v) is 7.28. The van der Waals surface area contributed by atoms with Crippen molar-refractivity contribution in [2.45, 2.75) is 69.2 Å². The molecule has 1 amide bonds. The first kappa shape index (κ1) is 23.5. The molecule has 0 aliphatic heterocycles. The normalized spacial score (nSPS) is 24.9. The first-order valence-electron chi connectivity index (χ1n) is 11.4. The Kier molecular flexibility index (Phi) is 6.16. The van der Waals surface area contributed by atoms with Crippen molar-refractivity contribution in [1.29, 1.82) is 0 Å². The highest BCUT2D eigenvalue weighted by Gasteiger charge is 2.47. The van der Waals surface area contributed by atoms with E-state index in [4.69, 9.17) is 5.73 Å². The highest BCUT2D eigenvalue weighted by atomic mass is 19.4. The van der Waals surface area contributed by atoms with E-state index in [-0.39, 0.29) is 23.2 Å². The third-order valence-electron chi connectivity index (χ3n) is 7.28. The lowest BCUT2D eigenvalue weighted by molar-refractivity contribution is -0.191. The quantitative estimate of drug-likeness (QED) is 0.685. The standard InChI is InChI=1S/C25H31F3N4O/c1-24(2)19-7-5-4-6-15(19)13-21(24)31-18-10-11-20(30-14-18)22(25(26,27)28)32(3)23(33)16-8-9-17(29)12-16/h4-7,10-11,14,16-17,21-22,31H,8-9,12-13,29H2,1-3H3/t16-,17+,21+,22+/m1/s1. The van der Waals surface area contributed by atoms with Crippen molar-refractivity contribution in [3.05, 3.63) is 59.4 Å². The van der Waals surface area contributed by atoms with Crippen LogP contribution in [0.4, 0.5) is 18.9 Å². The molecule has 0 unspecified atom stereocenters. The van der Waals surface area contributed by atoms with Gasteiger partial charge in [-0.25, -0.2) is 0 Å². The average molecular weight is 461 g/mol. The van der Waals surface area contributed by atoms with Gasteiger partial charge in [0.2, 0.25) is 5.91 Å². The lowest BCUT2D eigenvalue weighted by Crippen LogP contribution is -2.42. The van der Waals surface area contributed by atoms with Crippen LogP contribution in [0.3, 0.4) is 0 Å². The molecule has 1 heterocycles. The molecule has 1 fully saturated rings. The molecule has 2 aromatic rings. The Hall–Kier alpha value is -2.61. The number of pyridine rings is 1. The van der Waals surface area contributed by atoms with Crippen molar-refractivity contribution >= 4 is 11.6 Å². The lowest BCUT2D eigenvalue weighted by Gasteiger charge is -2.32. The number of carbonyl (C=O) groups is 1. The van der Waals surface area contributed by atoms with Crippen molar-refractivity contribution in [2.24, 2.45) is 11.7 Å². The number of nitrogens with two attached hydrogens (primary N) is 1. The van der Waals surface area contributed by atoms with E-state index in [0.717, 1.165) is 11.3 Å². The molecule has 3 N–H and O–H groups in total. The molecular weight excluding hydrogens is 429 g/mol. The van der Waals surface area contributed by atoms with Gasteiger partial charge in [0.25, 0.3) is 0 Å². The SMILES string of the molecule is CN(C(=O)[C@@H]1CC[C@H](N)C1)[C@@H](c1ccc(N[C@H]2Cc3ccccc3C2(C)C)cn1)C(F)(F)F. The monoisotopic (exact) mass is 460 g/mol. The van der Waals surface area contributed by atoms with Gasteiger partial charge in [0.1, 0.15) is 0 Å². The van der Waals surface area contributed by atoms with Crippen LogP contribution in [0, 0.1) is 5.92 Å². The summed E-state index contributed by atoms with van der Waals surface area (Å²) in [7, 11) is 1.20. The number of nitrogens with zero attached hydrogens (tertiary/aromatic N) is 2. The highest BCUT2D eigenvalue weighted by Crippen LogP contribution is 2.41. The fourth-order valence-electron chi connectivity index (χ4n) is 5.32. The number of benzene rings is 1. The van der Waals surface area contributed by atoms with Gasteiger partial charge in [0, 0.05) is 30.5 Å². The van der Waals surface area contributed by atoms with Gasteiger partial charge in [-0.1, -0.05) is 38.1 Å². The summed E-state index contributed by atoms with van der Waals surface area (Å²) in [4.78, 5) is 17.7. The van der Waals surface area contributed by atoms with Crippen LogP contribution in [0.5, 0.6) is 0 Å². The van der Waals surface area contributed by atoms with E-state index in [1.54, 1.807) is 6.07 Å².